The summed E-state index contributed by atoms with van der Waals surface area (Å²) in [6.07, 6.45) is 5.96. The highest BCUT2D eigenvalue weighted by molar-refractivity contribution is 7.92. The van der Waals surface area contributed by atoms with Gasteiger partial charge in [0.1, 0.15) is 17.4 Å². The zero-order chi connectivity index (χ0) is 28.6. The zero-order valence-electron chi connectivity index (χ0n) is 22.5. The number of sulfonamides is 1. The van der Waals surface area contributed by atoms with Gasteiger partial charge in [-0.2, -0.15) is 13.7 Å². The molecule has 2 N–H and O–H groups in total. The number of nitriles is 1. The number of carbonyl (C=O) groups is 1. The number of aliphatic hydroxyl groups excluding tert-OH is 1. The topological polar surface area (TPSA) is 129 Å². The predicted molar refractivity (Wildman–Crippen MR) is 152 cm³/mol. The van der Waals surface area contributed by atoms with E-state index in [0.717, 1.165) is 18.4 Å². The van der Waals surface area contributed by atoms with Crippen LogP contribution >= 0.6 is 0 Å². The number of cyclic esters (lactones) is 1. The van der Waals surface area contributed by atoms with Crippen LogP contribution in [0.15, 0.2) is 89.3 Å². The maximum absolute atomic E-state index is 13.0. The van der Waals surface area contributed by atoms with Gasteiger partial charge in [-0.3, -0.25) is 4.72 Å². The van der Waals surface area contributed by atoms with Crippen LogP contribution in [0.1, 0.15) is 62.1 Å². The van der Waals surface area contributed by atoms with Gasteiger partial charge in [0.15, 0.2) is 5.03 Å². The molecule has 4 rings (SSSR count). The molecular weight excluding hydrogens is 526 g/mol. The van der Waals surface area contributed by atoms with Crippen molar-refractivity contribution in [3.63, 3.8) is 0 Å². The third-order valence-corrected chi connectivity index (χ3v) is 8.32. The van der Waals surface area contributed by atoms with E-state index in [1.807, 2.05) is 37.3 Å². The van der Waals surface area contributed by atoms with Gasteiger partial charge in [-0.1, -0.05) is 55.8 Å². The molecule has 40 heavy (non-hydrogen) atoms. The molecule has 0 spiro atoms. The summed E-state index contributed by atoms with van der Waals surface area (Å²) in [5.41, 5.74) is 2.30. The molecule has 208 valence electrons. The SMILES string of the molecule is CCCC1(CCc2ccccc2)CC(O)=C(CCCc2cccc(NS(=O)(=O)c3ccc(C#N)cn3)c2)C(=O)O1. The quantitative estimate of drug-likeness (QED) is 0.260. The molecule has 2 aromatic carbocycles. The van der Waals surface area contributed by atoms with E-state index in [-0.39, 0.29) is 16.3 Å². The van der Waals surface area contributed by atoms with Gasteiger partial charge in [0, 0.05) is 18.3 Å². The van der Waals surface area contributed by atoms with E-state index in [1.165, 1.54) is 23.9 Å². The number of benzene rings is 2. The largest absolute Gasteiger partial charge is 0.512 e. The maximum Gasteiger partial charge on any atom is 0.337 e. The van der Waals surface area contributed by atoms with Gasteiger partial charge in [0.2, 0.25) is 0 Å². The summed E-state index contributed by atoms with van der Waals surface area (Å²) in [6, 6.07) is 21.6. The first-order valence-electron chi connectivity index (χ1n) is 13.4. The van der Waals surface area contributed by atoms with Crippen LogP contribution < -0.4 is 4.72 Å². The van der Waals surface area contributed by atoms with Crippen molar-refractivity contribution in [2.45, 2.75) is 68.9 Å². The van der Waals surface area contributed by atoms with Crippen molar-refractivity contribution >= 4 is 21.7 Å². The average molecular weight is 560 g/mol. The van der Waals surface area contributed by atoms with Crippen LogP contribution in [0.3, 0.4) is 0 Å². The average Bonchev–Trinajstić information content (AvgIpc) is 2.94. The Labute approximate surface area is 235 Å². The van der Waals surface area contributed by atoms with E-state index in [4.69, 9.17) is 10.00 Å². The third kappa shape index (κ3) is 7.27. The summed E-state index contributed by atoms with van der Waals surface area (Å²) in [7, 11) is -3.92. The van der Waals surface area contributed by atoms with Crippen molar-refractivity contribution in [3.05, 3.63) is 101 Å². The minimum absolute atomic E-state index is 0.106. The number of hydrogen-bond acceptors (Lipinski definition) is 7. The number of esters is 1. The van der Waals surface area contributed by atoms with Crippen molar-refractivity contribution in [1.29, 1.82) is 5.26 Å². The Morgan fingerprint density at radius 1 is 1.02 bits per heavy atom. The zero-order valence-corrected chi connectivity index (χ0v) is 23.3. The fraction of sp³-hybridized carbons (Fsp3) is 0.323. The summed E-state index contributed by atoms with van der Waals surface area (Å²) in [5.74, 6) is -0.351. The van der Waals surface area contributed by atoms with Crippen molar-refractivity contribution in [2.75, 3.05) is 4.72 Å². The summed E-state index contributed by atoms with van der Waals surface area (Å²) < 4.78 is 33.9. The van der Waals surface area contributed by atoms with E-state index in [2.05, 4.69) is 21.8 Å². The monoisotopic (exact) mass is 559 g/mol. The molecule has 1 aromatic heterocycles. The highest BCUT2D eigenvalue weighted by Crippen LogP contribution is 2.38. The number of nitrogens with one attached hydrogen (secondary N) is 1. The van der Waals surface area contributed by atoms with Crippen molar-refractivity contribution < 1.29 is 23.1 Å². The molecule has 0 amide bonds. The number of anilines is 1. The summed E-state index contributed by atoms with van der Waals surface area (Å²) in [5, 5.41) is 19.6. The first-order valence-corrected chi connectivity index (χ1v) is 14.9. The number of aromatic nitrogens is 1. The molecule has 1 aliphatic heterocycles. The molecule has 1 aliphatic rings. The molecule has 3 aromatic rings. The Kier molecular flexibility index (Phi) is 9.22. The molecule has 0 aliphatic carbocycles. The van der Waals surface area contributed by atoms with Crippen LogP contribution in [-0.4, -0.2) is 30.1 Å². The predicted octanol–water partition coefficient (Wildman–Crippen LogP) is 6.01. The molecule has 1 unspecified atom stereocenters. The Morgan fingerprint density at radius 2 is 1.80 bits per heavy atom. The maximum atomic E-state index is 13.0. The van der Waals surface area contributed by atoms with Crippen LogP contribution in [0.25, 0.3) is 0 Å². The first-order chi connectivity index (χ1) is 19.2. The van der Waals surface area contributed by atoms with Crippen LogP contribution in [0.5, 0.6) is 0 Å². The Bertz CT molecular complexity index is 1510. The minimum atomic E-state index is -3.92. The van der Waals surface area contributed by atoms with E-state index in [1.54, 1.807) is 18.2 Å². The van der Waals surface area contributed by atoms with Gasteiger partial charge in [0.25, 0.3) is 10.0 Å². The molecular formula is C31H33N3O5S. The second kappa shape index (κ2) is 12.8. The second-order valence-corrected chi connectivity index (χ2v) is 11.7. The van der Waals surface area contributed by atoms with Gasteiger partial charge in [-0.05, 0) is 73.9 Å². The molecule has 0 saturated carbocycles. The van der Waals surface area contributed by atoms with Gasteiger partial charge < -0.3 is 9.84 Å². The lowest BCUT2D eigenvalue weighted by molar-refractivity contribution is -0.161. The summed E-state index contributed by atoms with van der Waals surface area (Å²) >= 11 is 0. The standard InChI is InChI=1S/C31H33N3O5S/c1-2-17-31(18-16-23-8-4-3-5-9-23)20-28(35)27(30(36)39-31)13-7-11-24-10-6-12-26(19-24)34-40(37,38)29-15-14-25(21-32)22-33-29/h3-6,8-10,12,14-15,19,22,34-35H,2,7,11,13,16-18,20H2,1H3. The number of aliphatic hydroxyl groups is 1. The lowest BCUT2D eigenvalue weighted by atomic mass is 9.83. The van der Waals surface area contributed by atoms with Gasteiger partial charge in [0.05, 0.1) is 11.1 Å². The number of hydrogen-bond donors (Lipinski definition) is 2. The summed E-state index contributed by atoms with van der Waals surface area (Å²) in [6.45, 7) is 2.05. The highest BCUT2D eigenvalue weighted by Gasteiger charge is 2.40. The Morgan fingerprint density at radius 3 is 2.48 bits per heavy atom. The second-order valence-electron chi connectivity index (χ2n) is 10.1. The van der Waals surface area contributed by atoms with Crippen LogP contribution in [0.4, 0.5) is 5.69 Å². The van der Waals surface area contributed by atoms with Gasteiger partial charge in [-0.25, -0.2) is 9.78 Å². The van der Waals surface area contributed by atoms with E-state index in [0.29, 0.717) is 49.8 Å². The number of aryl methyl sites for hydroxylation is 2. The minimum Gasteiger partial charge on any atom is -0.512 e. The first kappa shape index (κ1) is 28.8. The summed E-state index contributed by atoms with van der Waals surface area (Å²) in [4.78, 5) is 16.9. The molecule has 1 atom stereocenters. The van der Waals surface area contributed by atoms with Crippen molar-refractivity contribution in [3.8, 4) is 6.07 Å². The normalized spacial score (nSPS) is 17.2. The molecule has 2 heterocycles. The Hall–Kier alpha value is -4.16. The number of carbonyl (C=O) groups excluding carboxylic acids is 1. The molecule has 0 fully saturated rings. The van der Waals surface area contributed by atoms with E-state index >= 15 is 0 Å². The van der Waals surface area contributed by atoms with Crippen molar-refractivity contribution in [1.82, 2.24) is 4.98 Å². The third-order valence-electron chi connectivity index (χ3n) is 7.02. The van der Waals surface area contributed by atoms with Crippen LogP contribution in [-0.2, 0) is 32.4 Å². The lowest BCUT2D eigenvalue weighted by Gasteiger charge is -2.37. The van der Waals surface area contributed by atoms with Crippen LogP contribution in [0, 0.1) is 11.3 Å². The number of pyridine rings is 1. The lowest BCUT2D eigenvalue weighted by Crippen LogP contribution is -2.40. The molecule has 9 heteroatoms. The fourth-order valence-corrected chi connectivity index (χ4v) is 6.00. The molecule has 0 bridgehead atoms. The van der Waals surface area contributed by atoms with Gasteiger partial charge in [-0.15, -0.1) is 0 Å². The van der Waals surface area contributed by atoms with Gasteiger partial charge >= 0.3 is 5.97 Å². The Balaban J connectivity index is 1.37. The molecule has 0 saturated heterocycles. The molecule has 0 radical (unpaired) electrons. The van der Waals surface area contributed by atoms with Crippen LogP contribution in [0.2, 0.25) is 0 Å². The number of rotatable bonds is 12. The van der Waals surface area contributed by atoms with E-state index in [9.17, 15) is 18.3 Å². The number of ether oxygens (including phenoxy) is 1. The van der Waals surface area contributed by atoms with E-state index < -0.39 is 21.6 Å². The fourth-order valence-electron chi connectivity index (χ4n) is 5.02. The van der Waals surface area contributed by atoms with Crippen molar-refractivity contribution in [2.24, 2.45) is 0 Å². The highest BCUT2D eigenvalue weighted by atomic mass is 32.2. The smallest absolute Gasteiger partial charge is 0.337 e. The number of nitrogens with zero attached hydrogens (tertiary/aromatic N) is 2. The molecule has 8 nitrogen and oxygen atoms in total.